The monoisotopic (exact) mass is 253 g/mol. The Kier molecular flexibility index (Phi) is 3.90. The molecule has 1 atom stereocenters. The molecule has 0 aromatic carbocycles. The average molecular weight is 253 g/mol. The zero-order chi connectivity index (χ0) is 12.3. The quantitative estimate of drug-likeness (QED) is 0.777. The molecule has 1 aromatic rings. The van der Waals surface area contributed by atoms with Gasteiger partial charge in [0.25, 0.3) is 0 Å². The lowest BCUT2D eigenvalue weighted by atomic mass is 10.1. The number of halogens is 3. The van der Waals surface area contributed by atoms with E-state index in [2.05, 4.69) is 9.72 Å². The second-order valence-electron chi connectivity index (χ2n) is 3.05. The Hall–Kier alpha value is -1.11. The maximum atomic E-state index is 12.3. The number of thiazole rings is 1. The second kappa shape index (κ2) is 4.82. The summed E-state index contributed by atoms with van der Waals surface area (Å²) in [6.45, 7) is 1.70. The van der Waals surface area contributed by atoms with Crippen LogP contribution in [-0.4, -0.2) is 18.1 Å². The van der Waals surface area contributed by atoms with E-state index in [4.69, 9.17) is 0 Å². The zero-order valence-electron chi connectivity index (χ0n) is 8.67. The lowest BCUT2D eigenvalue weighted by Crippen LogP contribution is -2.12. The molecule has 1 unspecified atom stereocenters. The van der Waals surface area contributed by atoms with Crippen molar-refractivity contribution >= 4 is 17.3 Å². The molecule has 3 nitrogen and oxygen atoms in total. The van der Waals surface area contributed by atoms with Crippen LogP contribution in [0.15, 0.2) is 6.20 Å². The number of ether oxygens (including phenoxy) is 1. The van der Waals surface area contributed by atoms with Crippen LogP contribution in [0.2, 0.25) is 0 Å². The van der Waals surface area contributed by atoms with Gasteiger partial charge in [0.1, 0.15) is 0 Å². The first-order chi connectivity index (χ1) is 7.40. The number of rotatable bonds is 3. The van der Waals surface area contributed by atoms with Gasteiger partial charge < -0.3 is 4.74 Å². The van der Waals surface area contributed by atoms with Gasteiger partial charge in [-0.05, 0) is 6.42 Å². The summed E-state index contributed by atoms with van der Waals surface area (Å²) in [5.74, 6) is -1.21. The van der Waals surface area contributed by atoms with Gasteiger partial charge in [-0.1, -0.05) is 6.92 Å². The summed E-state index contributed by atoms with van der Waals surface area (Å²) in [7, 11) is 1.21. The molecular weight excluding hydrogens is 243 g/mol. The van der Waals surface area contributed by atoms with E-state index >= 15 is 0 Å². The highest BCUT2D eigenvalue weighted by molar-refractivity contribution is 7.11. The second-order valence-corrected chi connectivity index (χ2v) is 4.11. The van der Waals surface area contributed by atoms with Crippen molar-refractivity contribution in [3.8, 4) is 0 Å². The first-order valence-corrected chi connectivity index (χ1v) is 5.32. The van der Waals surface area contributed by atoms with E-state index in [0.717, 1.165) is 6.20 Å². The third-order valence-electron chi connectivity index (χ3n) is 2.00. The van der Waals surface area contributed by atoms with E-state index in [0.29, 0.717) is 17.8 Å². The van der Waals surface area contributed by atoms with E-state index in [-0.39, 0.29) is 4.88 Å². The Bertz CT molecular complexity index is 375. The lowest BCUT2D eigenvalue weighted by molar-refractivity contribution is -0.142. The molecule has 0 saturated heterocycles. The molecule has 0 saturated carbocycles. The molecule has 90 valence electrons. The van der Waals surface area contributed by atoms with E-state index in [9.17, 15) is 18.0 Å². The summed E-state index contributed by atoms with van der Waals surface area (Å²) >= 11 is 0.479. The van der Waals surface area contributed by atoms with Gasteiger partial charge in [-0.15, -0.1) is 11.3 Å². The predicted molar refractivity (Wildman–Crippen MR) is 52.2 cm³/mol. The number of carbonyl (C=O) groups is 1. The van der Waals surface area contributed by atoms with Crippen molar-refractivity contribution in [2.75, 3.05) is 7.11 Å². The number of alkyl halides is 3. The van der Waals surface area contributed by atoms with Gasteiger partial charge in [0.05, 0.1) is 13.0 Å². The Balaban J connectivity index is 2.96. The summed E-state index contributed by atoms with van der Waals surface area (Å²) in [5.41, 5.74) is 0. The Morgan fingerprint density at radius 2 is 2.25 bits per heavy atom. The van der Waals surface area contributed by atoms with E-state index in [1.54, 1.807) is 6.92 Å². The summed E-state index contributed by atoms with van der Waals surface area (Å²) in [5, 5.41) is -0.940. The first kappa shape index (κ1) is 13.0. The van der Waals surface area contributed by atoms with Gasteiger partial charge in [0.15, 0.2) is 5.01 Å². The highest BCUT2D eigenvalue weighted by atomic mass is 32.1. The smallest absolute Gasteiger partial charge is 0.443 e. The summed E-state index contributed by atoms with van der Waals surface area (Å²) in [6, 6.07) is 0. The molecule has 1 heterocycles. The van der Waals surface area contributed by atoms with Gasteiger partial charge in [0, 0.05) is 11.1 Å². The standard InChI is InChI=1S/C9H10F3NO2S/c1-3-5(7(14)15-2)6-4-13-8(16-6)9(10,11)12/h4-5H,3H2,1-2H3. The lowest BCUT2D eigenvalue weighted by Gasteiger charge is -2.08. The van der Waals surface area contributed by atoms with Crippen molar-refractivity contribution in [1.29, 1.82) is 0 Å². The first-order valence-electron chi connectivity index (χ1n) is 4.50. The molecule has 0 spiro atoms. The molecule has 0 fully saturated rings. The van der Waals surface area contributed by atoms with Crippen LogP contribution in [0, 0.1) is 0 Å². The Morgan fingerprint density at radius 1 is 1.62 bits per heavy atom. The van der Waals surface area contributed by atoms with Crippen LogP contribution >= 0.6 is 11.3 Å². The normalized spacial score (nSPS) is 13.6. The number of carbonyl (C=O) groups excluding carboxylic acids is 1. The maximum Gasteiger partial charge on any atom is 0.443 e. The fourth-order valence-corrected chi connectivity index (χ4v) is 2.16. The third kappa shape index (κ3) is 2.72. The molecule has 1 aromatic heterocycles. The molecule has 1 rings (SSSR count). The number of esters is 1. The number of hydrogen-bond donors (Lipinski definition) is 0. The highest BCUT2D eigenvalue weighted by Gasteiger charge is 2.36. The minimum atomic E-state index is -4.46. The molecule has 0 aliphatic rings. The molecule has 0 aliphatic carbocycles. The summed E-state index contributed by atoms with van der Waals surface area (Å²) in [4.78, 5) is 14.8. The summed E-state index contributed by atoms with van der Waals surface area (Å²) < 4.78 is 41.4. The van der Waals surface area contributed by atoms with Crippen molar-refractivity contribution in [1.82, 2.24) is 4.98 Å². The molecule has 0 amide bonds. The summed E-state index contributed by atoms with van der Waals surface area (Å²) in [6.07, 6.45) is -3.00. The third-order valence-corrected chi connectivity index (χ3v) is 3.16. The number of hydrogen-bond acceptors (Lipinski definition) is 4. The molecular formula is C9H10F3NO2S. The zero-order valence-corrected chi connectivity index (χ0v) is 9.48. The topological polar surface area (TPSA) is 39.2 Å². The molecule has 7 heteroatoms. The van der Waals surface area contributed by atoms with Crippen molar-refractivity contribution in [3.63, 3.8) is 0 Å². The molecule has 0 N–H and O–H groups in total. The average Bonchev–Trinajstić information content (AvgIpc) is 2.67. The van der Waals surface area contributed by atoms with Crippen LogP contribution in [-0.2, 0) is 15.7 Å². The van der Waals surface area contributed by atoms with Crippen LogP contribution in [0.4, 0.5) is 13.2 Å². The number of nitrogens with zero attached hydrogens (tertiary/aromatic N) is 1. The highest BCUT2D eigenvalue weighted by Crippen LogP contribution is 2.35. The van der Waals surface area contributed by atoms with Crippen LogP contribution < -0.4 is 0 Å². The van der Waals surface area contributed by atoms with Crippen LogP contribution in [0.5, 0.6) is 0 Å². The van der Waals surface area contributed by atoms with Gasteiger partial charge >= 0.3 is 12.1 Å². The van der Waals surface area contributed by atoms with Gasteiger partial charge in [-0.3, -0.25) is 4.79 Å². The van der Waals surface area contributed by atoms with Crippen molar-refractivity contribution in [2.24, 2.45) is 0 Å². The van der Waals surface area contributed by atoms with Crippen LogP contribution in [0.3, 0.4) is 0 Å². The SMILES string of the molecule is CCC(C(=O)OC)c1cnc(C(F)(F)F)s1. The van der Waals surface area contributed by atoms with Gasteiger partial charge in [-0.2, -0.15) is 13.2 Å². The predicted octanol–water partition coefficient (Wildman–Crippen LogP) is 2.83. The van der Waals surface area contributed by atoms with Crippen LogP contribution in [0.1, 0.15) is 29.1 Å². The molecule has 0 radical (unpaired) electrons. The van der Waals surface area contributed by atoms with Gasteiger partial charge in [0.2, 0.25) is 0 Å². The van der Waals surface area contributed by atoms with E-state index < -0.39 is 23.1 Å². The van der Waals surface area contributed by atoms with Crippen molar-refractivity contribution < 1.29 is 22.7 Å². The van der Waals surface area contributed by atoms with E-state index in [1.165, 1.54) is 7.11 Å². The fraction of sp³-hybridized carbons (Fsp3) is 0.556. The number of aromatic nitrogens is 1. The minimum absolute atomic E-state index is 0.279. The molecule has 0 aliphatic heterocycles. The van der Waals surface area contributed by atoms with E-state index in [1.807, 2.05) is 0 Å². The Labute approximate surface area is 94.3 Å². The van der Waals surface area contributed by atoms with Crippen LogP contribution in [0.25, 0.3) is 0 Å². The van der Waals surface area contributed by atoms with Crippen molar-refractivity contribution in [3.05, 3.63) is 16.1 Å². The fourth-order valence-electron chi connectivity index (χ4n) is 1.21. The molecule has 0 bridgehead atoms. The molecule has 16 heavy (non-hydrogen) atoms. The maximum absolute atomic E-state index is 12.3. The minimum Gasteiger partial charge on any atom is -0.469 e. The van der Waals surface area contributed by atoms with Crippen molar-refractivity contribution in [2.45, 2.75) is 25.4 Å². The number of methoxy groups -OCH3 is 1. The largest absolute Gasteiger partial charge is 0.469 e. The van der Waals surface area contributed by atoms with Gasteiger partial charge in [-0.25, -0.2) is 4.98 Å². The Morgan fingerprint density at radius 3 is 2.62 bits per heavy atom.